The third-order valence-electron chi connectivity index (χ3n) is 2.50. The summed E-state index contributed by atoms with van der Waals surface area (Å²) < 4.78 is 1.33. The SMILES string of the molecule is CCC(NN)c1csc2ccccc12. The van der Waals surface area contributed by atoms with Gasteiger partial charge in [0.2, 0.25) is 0 Å². The first-order valence-electron chi connectivity index (χ1n) is 4.79. The maximum Gasteiger partial charge on any atom is 0.0471 e. The first kappa shape index (κ1) is 9.65. The molecule has 3 N–H and O–H groups in total. The third-order valence-corrected chi connectivity index (χ3v) is 3.48. The lowest BCUT2D eigenvalue weighted by molar-refractivity contribution is 0.544. The van der Waals surface area contributed by atoms with Crippen LogP contribution in [-0.4, -0.2) is 0 Å². The highest BCUT2D eigenvalue weighted by Gasteiger charge is 2.11. The van der Waals surface area contributed by atoms with Crippen molar-refractivity contribution in [2.75, 3.05) is 0 Å². The molecule has 2 nitrogen and oxygen atoms in total. The van der Waals surface area contributed by atoms with Gasteiger partial charge in [0.05, 0.1) is 0 Å². The number of rotatable bonds is 3. The maximum absolute atomic E-state index is 5.52. The van der Waals surface area contributed by atoms with Gasteiger partial charge in [-0.1, -0.05) is 25.1 Å². The van der Waals surface area contributed by atoms with Crippen LogP contribution in [0.4, 0.5) is 0 Å². The minimum atomic E-state index is 0.270. The Kier molecular flexibility index (Phi) is 2.82. The predicted octanol–water partition coefficient (Wildman–Crippen LogP) is 2.82. The second kappa shape index (κ2) is 4.09. The molecule has 0 spiro atoms. The van der Waals surface area contributed by atoms with E-state index in [9.17, 15) is 0 Å². The van der Waals surface area contributed by atoms with Crippen LogP contribution in [0.2, 0.25) is 0 Å². The van der Waals surface area contributed by atoms with Gasteiger partial charge in [0, 0.05) is 10.7 Å². The smallest absolute Gasteiger partial charge is 0.0471 e. The molecule has 2 rings (SSSR count). The van der Waals surface area contributed by atoms with Crippen molar-refractivity contribution in [1.82, 2.24) is 5.43 Å². The summed E-state index contributed by atoms with van der Waals surface area (Å²) in [5.41, 5.74) is 4.17. The van der Waals surface area contributed by atoms with Gasteiger partial charge in [-0.25, -0.2) is 0 Å². The average Bonchev–Trinajstić information content (AvgIpc) is 2.65. The Bertz CT molecular complexity index is 418. The van der Waals surface area contributed by atoms with Crippen LogP contribution in [0.5, 0.6) is 0 Å². The van der Waals surface area contributed by atoms with E-state index in [4.69, 9.17) is 5.84 Å². The van der Waals surface area contributed by atoms with Gasteiger partial charge >= 0.3 is 0 Å². The van der Waals surface area contributed by atoms with Gasteiger partial charge < -0.3 is 0 Å². The molecular weight excluding hydrogens is 192 g/mol. The zero-order chi connectivity index (χ0) is 9.97. The number of benzene rings is 1. The molecule has 0 aliphatic heterocycles. The number of fused-ring (bicyclic) bond motifs is 1. The van der Waals surface area contributed by atoms with E-state index < -0.39 is 0 Å². The Labute approximate surface area is 87.7 Å². The van der Waals surface area contributed by atoms with Crippen LogP contribution < -0.4 is 11.3 Å². The number of hydrazine groups is 1. The highest BCUT2D eigenvalue weighted by atomic mass is 32.1. The van der Waals surface area contributed by atoms with Gasteiger partial charge in [-0.05, 0) is 28.8 Å². The Morgan fingerprint density at radius 3 is 2.93 bits per heavy atom. The summed E-state index contributed by atoms with van der Waals surface area (Å²) in [6, 6.07) is 8.71. The topological polar surface area (TPSA) is 38.0 Å². The van der Waals surface area contributed by atoms with E-state index in [1.807, 2.05) is 0 Å². The van der Waals surface area contributed by atoms with Gasteiger partial charge in [0.25, 0.3) is 0 Å². The van der Waals surface area contributed by atoms with E-state index >= 15 is 0 Å². The molecule has 0 bridgehead atoms. The summed E-state index contributed by atoms with van der Waals surface area (Å²) in [7, 11) is 0. The zero-order valence-corrected chi connectivity index (χ0v) is 8.97. The zero-order valence-electron chi connectivity index (χ0n) is 8.16. The molecule has 14 heavy (non-hydrogen) atoms. The fraction of sp³-hybridized carbons (Fsp3) is 0.273. The minimum absolute atomic E-state index is 0.270. The van der Waals surface area contributed by atoms with Crippen LogP contribution in [0, 0.1) is 0 Å². The molecule has 74 valence electrons. The molecule has 0 saturated heterocycles. The summed E-state index contributed by atoms with van der Waals surface area (Å²) >= 11 is 1.78. The number of nitrogens with two attached hydrogens (primary N) is 1. The Hall–Kier alpha value is -0.900. The molecule has 1 atom stereocenters. The molecule has 2 aromatic rings. The number of nitrogens with one attached hydrogen (secondary N) is 1. The molecule has 1 aromatic carbocycles. The molecule has 0 aliphatic rings. The standard InChI is InChI=1S/C11H14N2S/c1-2-10(13-12)9-7-14-11-6-4-3-5-8(9)11/h3-7,10,13H,2,12H2,1H3. The van der Waals surface area contributed by atoms with E-state index in [0.717, 1.165) is 6.42 Å². The molecule has 0 amide bonds. The van der Waals surface area contributed by atoms with E-state index in [1.165, 1.54) is 15.6 Å². The number of thiophene rings is 1. The highest BCUT2D eigenvalue weighted by Crippen LogP contribution is 2.30. The Morgan fingerprint density at radius 1 is 1.43 bits per heavy atom. The van der Waals surface area contributed by atoms with Crippen LogP contribution >= 0.6 is 11.3 Å². The summed E-state index contributed by atoms with van der Waals surface area (Å²) in [6.45, 7) is 2.14. The van der Waals surface area contributed by atoms with Crippen LogP contribution in [0.1, 0.15) is 24.9 Å². The first-order valence-corrected chi connectivity index (χ1v) is 5.67. The lowest BCUT2D eigenvalue weighted by atomic mass is 10.0. The fourth-order valence-electron chi connectivity index (χ4n) is 1.70. The normalized spacial score (nSPS) is 13.3. The van der Waals surface area contributed by atoms with Crippen molar-refractivity contribution in [3.05, 3.63) is 35.2 Å². The molecule has 1 aromatic heterocycles. The quantitative estimate of drug-likeness (QED) is 0.598. The van der Waals surface area contributed by atoms with Gasteiger partial charge in [-0.15, -0.1) is 11.3 Å². The average molecular weight is 206 g/mol. The molecule has 0 aliphatic carbocycles. The van der Waals surface area contributed by atoms with Crippen molar-refractivity contribution < 1.29 is 0 Å². The number of hydrogen-bond donors (Lipinski definition) is 2. The van der Waals surface area contributed by atoms with Gasteiger partial charge in [-0.3, -0.25) is 11.3 Å². The van der Waals surface area contributed by atoms with Crippen LogP contribution in [0.15, 0.2) is 29.6 Å². The second-order valence-corrected chi connectivity index (χ2v) is 4.23. The van der Waals surface area contributed by atoms with E-state index in [2.05, 4.69) is 42.0 Å². The molecular formula is C11H14N2S. The Balaban J connectivity index is 2.51. The molecule has 1 unspecified atom stereocenters. The van der Waals surface area contributed by atoms with Crippen molar-refractivity contribution in [3.63, 3.8) is 0 Å². The molecule has 0 fully saturated rings. The largest absolute Gasteiger partial charge is 0.271 e. The minimum Gasteiger partial charge on any atom is -0.271 e. The van der Waals surface area contributed by atoms with Crippen molar-refractivity contribution in [3.8, 4) is 0 Å². The molecule has 0 radical (unpaired) electrons. The lowest BCUT2D eigenvalue weighted by Crippen LogP contribution is -2.27. The first-order chi connectivity index (χ1) is 6.86. The monoisotopic (exact) mass is 206 g/mol. The van der Waals surface area contributed by atoms with E-state index in [-0.39, 0.29) is 6.04 Å². The number of hydrogen-bond acceptors (Lipinski definition) is 3. The van der Waals surface area contributed by atoms with Gasteiger partial charge in [0.15, 0.2) is 0 Å². The molecule has 3 heteroatoms. The van der Waals surface area contributed by atoms with Crippen molar-refractivity contribution >= 4 is 21.4 Å². The van der Waals surface area contributed by atoms with Crippen molar-refractivity contribution in [2.24, 2.45) is 5.84 Å². The fourth-order valence-corrected chi connectivity index (χ4v) is 2.71. The highest BCUT2D eigenvalue weighted by molar-refractivity contribution is 7.17. The molecule has 1 heterocycles. The van der Waals surface area contributed by atoms with E-state index in [1.54, 1.807) is 11.3 Å². The second-order valence-electron chi connectivity index (χ2n) is 3.31. The summed E-state index contributed by atoms with van der Waals surface area (Å²) in [6.07, 6.45) is 1.01. The predicted molar refractivity (Wildman–Crippen MR) is 62.2 cm³/mol. The van der Waals surface area contributed by atoms with Gasteiger partial charge in [0.1, 0.15) is 0 Å². The van der Waals surface area contributed by atoms with Crippen LogP contribution in [0.25, 0.3) is 10.1 Å². The van der Waals surface area contributed by atoms with Crippen LogP contribution in [-0.2, 0) is 0 Å². The Morgan fingerprint density at radius 2 is 2.21 bits per heavy atom. The summed E-state index contributed by atoms with van der Waals surface area (Å²) in [5.74, 6) is 5.52. The summed E-state index contributed by atoms with van der Waals surface area (Å²) in [4.78, 5) is 0. The molecule has 0 saturated carbocycles. The third kappa shape index (κ3) is 1.54. The van der Waals surface area contributed by atoms with Crippen molar-refractivity contribution in [2.45, 2.75) is 19.4 Å². The van der Waals surface area contributed by atoms with Crippen LogP contribution in [0.3, 0.4) is 0 Å². The summed E-state index contributed by atoms with van der Waals surface area (Å²) in [5, 5.41) is 3.51. The maximum atomic E-state index is 5.52. The lowest BCUT2D eigenvalue weighted by Gasteiger charge is -2.12. The van der Waals surface area contributed by atoms with Crippen molar-refractivity contribution in [1.29, 1.82) is 0 Å². The van der Waals surface area contributed by atoms with E-state index in [0.29, 0.717) is 0 Å². The van der Waals surface area contributed by atoms with Gasteiger partial charge in [-0.2, -0.15) is 0 Å².